The number of anilines is 1. The second-order valence-corrected chi connectivity index (χ2v) is 7.48. The molecule has 20 heavy (non-hydrogen) atoms. The molecule has 0 aliphatic carbocycles. The van der Waals surface area contributed by atoms with Gasteiger partial charge in [-0.2, -0.15) is 0 Å². The van der Waals surface area contributed by atoms with Gasteiger partial charge >= 0.3 is 0 Å². The van der Waals surface area contributed by atoms with E-state index in [1.807, 2.05) is 13.8 Å². The zero-order chi connectivity index (χ0) is 15.6. The lowest BCUT2D eigenvalue weighted by Crippen LogP contribution is -2.42. The van der Waals surface area contributed by atoms with Crippen LogP contribution in [0.3, 0.4) is 0 Å². The molecule has 0 spiro atoms. The number of aryl methyl sites for hydroxylation is 1. The van der Waals surface area contributed by atoms with Crippen LogP contribution < -0.4 is 10.5 Å². The molecule has 114 valence electrons. The van der Waals surface area contributed by atoms with Gasteiger partial charge in [-0.25, -0.2) is 13.1 Å². The van der Waals surface area contributed by atoms with Crippen LogP contribution in [0.2, 0.25) is 0 Å². The van der Waals surface area contributed by atoms with Gasteiger partial charge in [0.2, 0.25) is 10.0 Å². The van der Waals surface area contributed by atoms with Crippen LogP contribution in [0.1, 0.15) is 32.3 Å². The third kappa shape index (κ3) is 3.94. The maximum Gasteiger partial charge on any atom is 0.241 e. The van der Waals surface area contributed by atoms with E-state index < -0.39 is 15.6 Å². The van der Waals surface area contributed by atoms with Crippen molar-refractivity contribution in [3.63, 3.8) is 0 Å². The molecule has 0 atom stereocenters. The van der Waals surface area contributed by atoms with Gasteiger partial charge < -0.3 is 10.8 Å². The number of hydrogen-bond acceptors (Lipinski definition) is 4. The van der Waals surface area contributed by atoms with Gasteiger partial charge in [0, 0.05) is 16.7 Å². The van der Waals surface area contributed by atoms with Crippen molar-refractivity contribution in [1.29, 1.82) is 0 Å². The monoisotopic (exact) mass is 364 g/mol. The van der Waals surface area contributed by atoms with E-state index in [1.54, 1.807) is 13.0 Å². The minimum Gasteiger partial charge on any atom is -0.398 e. The Morgan fingerprint density at radius 2 is 1.90 bits per heavy atom. The summed E-state index contributed by atoms with van der Waals surface area (Å²) in [5.74, 6) is 0. The summed E-state index contributed by atoms with van der Waals surface area (Å²) in [6, 6.07) is 3.08. The first-order valence-electron chi connectivity index (χ1n) is 6.43. The van der Waals surface area contributed by atoms with Gasteiger partial charge in [-0.3, -0.25) is 0 Å². The Hall–Kier alpha value is -0.630. The third-order valence-corrected chi connectivity index (χ3v) is 5.72. The molecule has 0 saturated heterocycles. The molecule has 0 aliphatic heterocycles. The second kappa shape index (κ2) is 6.43. The Balaban J connectivity index is 3.04. The van der Waals surface area contributed by atoms with E-state index in [1.165, 1.54) is 6.07 Å². The largest absolute Gasteiger partial charge is 0.398 e. The molecule has 1 rings (SSSR count). The molecule has 7 heteroatoms. The van der Waals surface area contributed by atoms with Gasteiger partial charge in [0.1, 0.15) is 0 Å². The van der Waals surface area contributed by atoms with Crippen molar-refractivity contribution in [2.24, 2.45) is 0 Å². The normalized spacial score (nSPS) is 12.7. The molecule has 4 N–H and O–H groups in total. The van der Waals surface area contributed by atoms with E-state index in [9.17, 15) is 13.5 Å². The van der Waals surface area contributed by atoms with Crippen LogP contribution >= 0.6 is 15.9 Å². The number of nitrogen functional groups attached to an aromatic ring is 1. The SMILES string of the molecule is CCC(O)(CC)CNS(=O)(=O)c1cc(N)c(Br)cc1C. The molecule has 0 radical (unpaired) electrons. The van der Waals surface area contributed by atoms with E-state index in [4.69, 9.17) is 5.73 Å². The topological polar surface area (TPSA) is 92.4 Å². The van der Waals surface area contributed by atoms with E-state index in [0.717, 1.165) is 0 Å². The minimum atomic E-state index is -3.69. The van der Waals surface area contributed by atoms with Crippen molar-refractivity contribution in [2.75, 3.05) is 12.3 Å². The molecule has 0 heterocycles. The summed E-state index contributed by atoms with van der Waals surface area (Å²) in [5, 5.41) is 10.1. The summed E-state index contributed by atoms with van der Waals surface area (Å²) in [5.41, 5.74) is 5.66. The van der Waals surface area contributed by atoms with E-state index >= 15 is 0 Å². The molecular formula is C13H21BrN2O3S. The number of benzene rings is 1. The van der Waals surface area contributed by atoms with Crippen LogP contribution in [0.15, 0.2) is 21.5 Å². The fourth-order valence-corrected chi connectivity index (χ4v) is 3.60. The van der Waals surface area contributed by atoms with Crippen molar-refractivity contribution < 1.29 is 13.5 Å². The first-order chi connectivity index (χ1) is 9.15. The predicted octanol–water partition coefficient (Wildman–Crippen LogP) is 2.17. The number of hydrogen-bond donors (Lipinski definition) is 3. The number of rotatable bonds is 6. The average Bonchev–Trinajstić information content (AvgIpc) is 2.40. The van der Waals surface area contributed by atoms with Crippen molar-refractivity contribution in [1.82, 2.24) is 4.72 Å². The van der Waals surface area contributed by atoms with Crippen LogP contribution in [0.5, 0.6) is 0 Å². The van der Waals surface area contributed by atoms with Crippen LogP contribution in [-0.2, 0) is 10.0 Å². The summed E-state index contributed by atoms with van der Waals surface area (Å²) in [4.78, 5) is 0.132. The van der Waals surface area contributed by atoms with Crippen molar-refractivity contribution in [2.45, 2.75) is 44.1 Å². The van der Waals surface area contributed by atoms with Gasteiger partial charge in [0.25, 0.3) is 0 Å². The molecule has 0 bridgehead atoms. The van der Waals surface area contributed by atoms with E-state index in [0.29, 0.717) is 28.6 Å². The maximum atomic E-state index is 12.3. The lowest BCUT2D eigenvalue weighted by molar-refractivity contribution is 0.0377. The maximum absolute atomic E-state index is 12.3. The van der Waals surface area contributed by atoms with Gasteiger partial charge in [-0.15, -0.1) is 0 Å². The van der Waals surface area contributed by atoms with Crippen LogP contribution in [0.25, 0.3) is 0 Å². The average molecular weight is 365 g/mol. The fourth-order valence-electron chi connectivity index (χ4n) is 1.77. The molecule has 5 nitrogen and oxygen atoms in total. The van der Waals surface area contributed by atoms with Crippen LogP contribution in [-0.4, -0.2) is 25.7 Å². The zero-order valence-electron chi connectivity index (χ0n) is 11.9. The Labute approximate surface area is 128 Å². The van der Waals surface area contributed by atoms with Gasteiger partial charge in [-0.05, 0) is 53.4 Å². The lowest BCUT2D eigenvalue weighted by atomic mass is 9.98. The van der Waals surface area contributed by atoms with Crippen LogP contribution in [0.4, 0.5) is 5.69 Å². The van der Waals surface area contributed by atoms with Gasteiger partial charge in [0.15, 0.2) is 0 Å². The Morgan fingerprint density at radius 1 is 1.35 bits per heavy atom. The molecule has 0 unspecified atom stereocenters. The molecule has 1 aromatic rings. The van der Waals surface area contributed by atoms with Gasteiger partial charge in [0.05, 0.1) is 10.5 Å². The molecule has 0 aromatic heterocycles. The summed E-state index contributed by atoms with van der Waals surface area (Å²) in [6.07, 6.45) is 0.959. The first kappa shape index (κ1) is 17.4. The molecule has 0 amide bonds. The molecule has 0 aliphatic rings. The van der Waals surface area contributed by atoms with E-state index in [2.05, 4.69) is 20.7 Å². The summed E-state index contributed by atoms with van der Waals surface area (Å²) in [7, 11) is -3.69. The highest BCUT2D eigenvalue weighted by molar-refractivity contribution is 9.10. The highest BCUT2D eigenvalue weighted by atomic mass is 79.9. The lowest BCUT2D eigenvalue weighted by Gasteiger charge is -2.25. The van der Waals surface area contributed by atoms with Crippen LogP contribution in [0, 0.1) is 6.92 Å². The highest BCUT2D eigenvalue weighted by Crippen LogP contribution is 2.26. The van der Waals surface area contributed by atoms with Crippen molar-refractivity contribution in [3.8, 4) is 0 Å². The Morgan fingerprint density at radius 3 is 2.40 bits per heavy atom. The number of nitrogens with two attached hydrogens (primary N) is 1. The number of halogens is 1. The molecule has 0 saturated carbocycles. The zero-order valence-corrected chi connectivity index (χ0v) is 14.3. The fraction of sp³-hybridized carbons (Fsp3) is 0.538. The number of sulfonamides is 1. The van der Waals surface area contributed by atoms with Crippen molar-refractivity contribution >= 4 is 31.6 Å². The second-order valence-electron chi connectivity index (χ2n) is 4.90. The number of aliphatic hydroxyl groups is 1. The Kier molecular flexibility index (Phi) is 5.60. The summed E-state index contributed by atoms with van der Waals surface area (Å²) >= 11 is 3.26. The summed E-state index contributed by atoms with van der Waals surface area (Å²) in [6.45, 7) is 5.32. The van der Waals surface area contributed by atoms with Gasteiger partial charge in [-0.1, -0.05) is 13.8 Å². The molecular weight excluding hydrogens is 344 g/mol. The predicted molar refractivity (Wildman–Crippen MR) is 84.0 cm³/mol. The third-order valence-electron chi connectivity index (χ3n) is 3.49. The summed E-state index contributed by atoms with van der Waals surface area (Å²) < 4.78 is 27.7. The number of nitrogens with one attached hydrogen (secondary N) is 1. The smallest absolute Gasteiger partial charge is 0.241 e. The molecule has 0 fully saturated rings. The highest BCUT2D eigenvalue weighted by Gasteiger charge is 2.26. The molecule has 1 aromatic carbocycles. The first-order valence-corrected chi connectivity index (χ1v) is 8.70. The van der Waals surface area contributed by atoms with Crippen molar-refractivity contribution in [3.05, 3.63) is 22.2 Å². The quantitative estimate of drug-likeness (QED) is 0.674. The standard InChI is InChI=1S/C13H21BrN2O3S/c1-4-13(17,5-2)8-16-20(18,19)12-7-11(15)10(14)6-9(12)3/h6-7,16-17H,4-5,8,15H2,1-3H3. The Bertz CT molecular complexity index is 584. The van der Waals surface area contributed by atoms with E-state index in [-0.39, 0.29) is 11.4 Å². The minimum absolute atomic E-state index is 0.0161.